The number of hydrogen-bond acceptors (Lipinski definition) is 2. The third-order valence-corrected chi connectivity index (χ3v) is 3.78. The van der Waals surface area contributed by atoms with Gasteiger partial charge in [-0.15, -0.1) is 0 Å². The van der Waals surface area contributed by atoms with Gasteiger partial charge in [0.05, 0.1) is 11.7 Å². The third-order valence-electron chi connectivity index (χ3n) is 3.46. The van der Waals surface area contributed by atoms with Gasteiger partial charge in [-0.2, -0.15) is 0 Å². The van der Waals surface area contributed by atoms with E-state index < -0.39 is 5.60 Å². The lowest BCUT2D eigenvalue weighted by atomic mass is 9.94. The molecule has 1 unspecified atom stereocenters. The van der Waals surface area contributed by atoms with Crippen LogP contribution in [0.3, 0.4) is 0 Å². The first-order chi connectivity index (χ1) is 9.29. The molecule has 0 amide bonds. The molecule has 2 atom stereocenters. The fraction of sp³-hybridized carbons (Fsp3) is 0.375. The predicted octanol–water partition coefficient (Wildman–Crippen LogP) is 4.15. The largest absolute Gasteiger partial charge is 0.399 e. The first-order valence-corrected chi connectivity index (χ1v) is 6.96. The molecule has 0 aromatic heterocycles. The van der Waals surface area contributed by atoms with Crippen LogP contribution in [0.4, 0.5) is 4.39 Å². The van der Waals surface area contributed by atoms with Gasteiger partial charge >= 0.3 is 0 Å². The lowest BCUT2D eigenvalue weighted by Crippen LogP contribution is -2.32. The summed E-state index contributed by atoms with van der Waals surface area (Å²) in [5, 5.41) is 0.373. The Morgan fingerprint density at radius 3 is 2.65 bits per heavy atom. The van der Waals surface area contributed by atoms with Gasteiger partial charge < -0.3 is 10.5 Å². The zero-order chi connectivity index (χ0) is 14.9. The number of allylic oxidation sites excluding steroid dienone is 1. The van der Waals surface area contributed by atoms with Crippen molar-refractivity contribution in [3.8, 4) is 0 Å². The van der Waals surface area contributed by atoms with Crippen LogP contribution in [-0.4, -0.2) is 6.10 Å². The van der Waals surface area contributed by atoms with Gasteiger partial charge in [0.2, 0.25) is 0 Å². The van der Waals surface area contributed by atoms with E-state index >= 15 is 0 Å². The maximum absolute atomic E-state index is 13.1. The Morgan fingerprint density at radius 2 is 2.05 bits per heavy atom. The van der Waals surface area contributed by atoms with Crippen molar-refractivity contribution in [1.29, 1.82) is 0 Å². The first-order valence-electron chi connectivity index (χ1n) is 6.58. The van der Waals surface area contributed by atoms with E-state index in [1.54, 1.807) is 6.07 Å². The van der Waals surface area contributed by atoms with E-state index in [4.69, 9.17) is 22.1 Å². The molecule has 2 nitrogen and oxygen atoms in total. The summed E-state index contributed by atoms with van der Waals surface area (Å²) in [6.45, 7) is 5.89. The third kappa shape index (κ3) is 3.22. The molecule has 2 rings (SSSR count). The van der Waals surface area contributed by atoms with E-state index in [0.717, 1.165) is 11.3 Å². The van der Waals surface area contributed by atoms with Crippen LogP contribution in [0.1, 0.15) is 26.3 Å². The molecule has 0 saturated carbocycles. The molecule has 1 aromatic rings. The molecule has 1 aromatic carbocycles. The summed E-state index contributed by atoms with van der Waals surface area (Å²) >= 11 is 6.12. The Bertz CT molecular complexity index is 566. The number of hydrogen-bond donors (Lipinski definition) is 1. The molecule has 108 valence electrons. The van der Waals surface area contributed by atoms with Crippen molar-refractivity contribution in [2.45, 2.75) is 32.5 Å². The summed E-state index contributed by atoms with van der Waals surface area (Å²) in [5.74, 6) is -0.172. The van der Waals surface area contributed by atoms with Crippen molar-refractivity contribution in [2.24, 2.45) is 11.7 Å². The van der Waals surface area contributed by atoms with Crippen LogP contribution < -0.4 is 5.73 Å². The van der Waals surface area contributed by atoms with Crippen LogP contribution >= 0.6 is 11.6 Å². The highest BCUT2D eigenvalue weighted by Crippen LogP contribution is 2.34. The lowest BCUT2D eigenvalue weighted by molar-refractivity contribution is -0.0690. The van der Waals surface area contributed by atoms with E-state index in [0.29, 0.717) is 5.02 Å². The minimum Gasteiger partial charge on any atom is -0.399 e. The normalized spacial score (nSPS) is 22.8. The summed E-state index contributed by atoms with van der Waals surface area (Å²) in [5.41, 5.74) is 6.65. The molecule has 0 fully saturated rings. The van der Waals surface area contributed by atoms with Crippen molar-refractivity contribution in [1.82, 2.24) is 0 Å². The second-order valence-corrected chi connectivity index (χ2v) is 6.01. The van der Waals surface area contributed by atoms with E-state index in [-0.39, 0.29) is 17.8 Å². The minimum atomic E-state index is -0.617. The number of rotatable bonds is 3. The van der Waals surface area contributed by atoms with Crippen LogP contribution in [0.15, 0.2) is 42.1 Å². The highest BCUT2D eigenvalue weighted by molar-refractivity contribution is 6.31. The minimum absolute atomic E-state index is 0.0848. The van der Waals surface area contributed by atoms with Crippen LogP contribution in [-0.2, 0) is 10.3 Å². The molecular formula is C16H19ClFNO. The van der Waals surface area contributed by atoms with Gasteiger partial charge in [-0.3, -0.25) is 0 Å². The zero-order valence-electron chi connectivity index (χ0n) is 11.9. The molecule has 0 heterocycles. The molecule has 0 saturated heterocycles. The Morgan fingerprint density at radius 1 is 1.35 bits per heavy atom. The Kier molecular flexibility index (Phi) is 4.21. The Labute approximate surface area is 124 Å². The van der Waals surface area contributed by atoms with Crippen LogP contribution in [0.25, 0.3) is 0 Å². The van der Waals surface area contributed by atoms with Crippen molar-refractivity contribution in [2.75, 3.05) is 0 Å². The summed E-state index contributed by atoms with van der Waals surface area (Å²) in [6, 6.07) is 4.36. The van der Waals surface area contributed by atoms with Crippen molar-refractivity contribution in [3.05, 3.63) is 58.5 Å². The summed E-state index contributed by atoms with van der Waals surface area (Å²) in [7, 11) is 0. The summed E-state index contributed by atoms with van der Waals surface area (Å²) < 4.78 is 19.3. The smallest absolute Gasteiger partial charge is 0.124 e. The molecule has 1 aliphatic carbocycles. The average Bonchev–Trinajstić information content (AvgIpc) is 2.32. The monoisotopic (exact) mass is 295 g/mol. The summed E-state index contributed by atoms with van der Waals surface area (Å²) in [6.07, 6.45) is 5.66. The number of ether oxygens (including phenoxy) is 1. The van der Waals surface area contributed by atoms with Gasteiger partial charge in [-0.25, -0.2) is 4.39 Å². The molecule has 2 N–H and O–H groups in total. The lowest BCUT2D eigenvalue weighted by Gasteiger charge is -2.34. The molecule has 20 heavy (non-hydrogen) atoms. The van der Waals surface area contributed by atoms with Gasteiger partial charge in [0.15, 0.2) is 0 Å². The SMILES string of the molecule is C[C@@H]1C=C(N)C=CC1OC(C)(C)c1ccc(F)cc1Cl. The Balaban J connectivity index is 2.21. The van der Waals surface area contributed by atoms with E-state index in [2.05, 4.69) is 0 Å². The maximum atomic E-state index is 13.1. The molecule has 0 spiro atoms. The van der Waals surface area contributed by atoms with Crippen molar-refractivity contribution in [3.63, 3.8) is 0 Å². The molecule has 0 bridgehead atoms. The van der Waals surface area contributed by atoms with Crippen LogP contribution in [0.2, 0.25) is 5.02 Å². The maximum Gasteiger partial charge on any atom is 0.124 e. The average molecular weight is 296 g/mol. The standard InChI is InChI=1S/C16H19ClFNO/c1-10-8-12(19)5-7-15(10)20-16(2,3)13-6-4-11(18)9-14(13)17/h4-10,15H,19H2,1-3H3/t10-,15?/m1/s1. The van der Waals surface area contributed by atoms with E-state index in [1.165, 1.54) is 12.1 Å². The van der Waals surface area contributed by atoms with Crippen LogP contribution in [0, 0.1) is 11.7 Å². The van der Waals surface area contributed by atoms with Crippen molar-refractivity contribution < 1.29 is 9.13 Å². The zero-order valence-corrected chi connectivity index (χ0v) is 12.6. The van der Waals surface area contributed by atoms with Crippen molar-refractivity contribution >= 4 is 11.6 Å². The van der Waals surface area contributed by atoms with E-state index in [9.17, 15) is 4.39 Å². The Hall–Kier alpha value is -1.32. The van der Waals surface area contributed by atoms with Gasteiger partial charge in [0.25, 0.3) is 0 Å². The fourth-order valence-electron chi connectivity index (χ4n) is 2.36. The van der Waals surface area contributed by atoms with E-state index in [1.807, 2.05) is 39.0 Å². The second kappa shape index (κ2) is 5.58. The van der Waals surface area contributed by atoms with Crippen LogP contribution in [0.5, 0.6) is 0 Å². The highest BCUT2D eigenvalue weighted by atomic mass is 35.5. The van der Waals surface area contributed by atoms with Gasteiger partial charge in [-0.1, -0.05) is 36.7 Å². The first kappa shape index (κ1) is 15.1. The highest BCUT2D eigenvalue weighted by Gasteiger charge is 2.30. The fourth-order valence-corrected chi connectivity index (χ4v) is 2.76. The summed E-state index contributed by atoms with van der Waals surface area (Å²) in [4.78, 5) is 0. The molecule has 0 radical (unpaired) electrons. The molecule has 1 aliphatic rings. The topological polar surface area (TPSA) is 35.2 Å². The van der Waals surface area contributed by atoms with Gasteiger partial charge in [0.1, 0.15) is 5.82 Å². The predicted molar refractivity (Wildman–Crippen MR) is 79.9 cm³/mol. The molecule has 4 heteroatoms. The number of halogens is 2. The van der Waals surface area contributed by atoms with Gasteiger partial charge in [0, 0.05) is 22.2 Å². The second-order valence-electron chi connectivity index (χ2n) is 5.60. The molecular weight excluding hydrogens is 277 g/mol. The number of nitrogens with two attached hydrogens (primary N) is 1. The molecule has 0 aliphatic heterocycles. The van der Waals surface area contributed by atoms with Gasteiger partial charge in [-0.05, 0) is 32.1 Å². The quantitative estimate of drug-likeness (QED) is 0.909. The number of benzene rings is 1.